The van der Waals surface area contributed by atoms with Gasteiger partial charge in [0.25, 0.3) is 0 Å². The van der Waals surface area contributed by atoms with E-state index in [0.29, 0.717) is 13.8 Å². The van der Waals surface area contributed by atoms with Crippen LogP contribution in [-0.2, 0) is 33.5 Å². The Morgan fingerprint density at radius 1 is 0.395 bits per heavy atom. The van der Waals surface area contributed by atoms with Crippen LogP contribution < -0.4 is 46.0 Å². The molecule has 0 saturated heterocycles. The smallest absolute Gasteiger partial charge is 0.388 e. The molecule has 0 atom stereocenters. The zero-order valence-electron chi connectivity index (χ0n) is 88.3. The quantitative estimate of drug-likeness (QED) is 0.0394. The third-order valence-corrected chi connectivity index (χ3v) is 38.6. The fraction of sp³-hybridized carbons (Fsp3) is 0.636. The van der Waals surface area contributed by atoms with Crippen LogP contribution in [0, 0.1) is 0 Å². The third-order valence-electron chi connectivity index (χ3n) is 18.2. The van der Waals surface area contributed by atoms with E-state index in [4.69, 9.17) is 4.80 Å². The highest BCUT2D eigenvalue weighted by atomic mass is 28.4. The Balaban J connectivity index is -0.000000146. The SMILES string of the molecule is CCC.CCC.CCC.CCC(F)(F)F.CCC[Si](C)(C)CN(C(C)=O)c1ccccc1.CCC[Si](C)(C)c1ccc([Si](C)(C)C)cc1.CCC[Si](C)(C)c1cccc(N(C)C(C)=O)c1.CCN(C(C)=O)c1ccccc1.CCN(C)C(C)=O.CCNC(C)=O.CCOC(C)=O.CC[Si](C)(C)C.CC[Si](C)(C)O.CF.C[Si](C)(C)c1ccc([Si](C)(C)C)cc1. The minimum absolute atomic E-state index is 0.0394. The van der Waals surface area contributed by atoms with Gasteiger partial charge < -0.3 is 34.4 Å². The van der Waals surface area contributed by atoms with Crippen LogP contribution >= 0.6 is 0 Å². The lowest BCUT2D eigenvalue weighted by Crippen LogP contribution is -2.44. The largest absolute Gasteiger partial charge is 0.466 e. The number of nitrogens with one attached hydrogen (secondary N) is 1. The van der Waals surface area contributed by atoms with Crippen molar-refractivity contribution in [2.45, 2.75) is 365 Å². The summed E-state index contributed by atoms with van der Waals surface area (Å²) >= 11 is 0. The molecule has 13 nitrogen and oxygen atoms in total. The molecule has 0 aliphatic heterocycles. The van der Waals surface area contributed by atoms with E-state index in [9.17, 15) is 46.3 Å². The van der Waals surface area contributed by atoms with Crippen LogP contribution in [0.25, 0.3) is 0 Å². The van der Waals surface area contributed by atoms with Gasteiger partial charge in [0.2, 0.25) is 29.5 Å². The number of anilines is 3. The fourth-order valence-electron chi connectivity index (χ4n) is 9.79. The molecule has 5 aromatic carbocycles. The molecule has 5 rings (SSSR count). The van der Waals surface area contributed by atoms with Crippen molar-refractivity contribution in [1.82, 2.24) is 10.2 Å². The van der Waals surface area contributed by atoms with Gasteiger partial charge >= 0.3 is 12.1 Å². The van der Waals surface area contributed by atoms with E-state index in [0.717, 1.165) is 55.8 Å². The molecule has 25 heteroatoms. The van der Waals surface area contributed by atoms with Gasteiger partial charge in [-0.25, -0.2) is 0 Å². The van der Waals surface area contributed by atoms with Gasteiger partial charge in [-0.3, -0.25) is 33.2 Å². The highest BCUT2D eigenvalue weighted by molar-refractivity contribution is 6.92. The van der Waals surface area contributed by atoms with Crippen LogP contribution in [0.1, 0.15) is 197 Å². The van der Waals surface area contributed by atoms with E-state index in [1.807, 2.05) is 119 Å². The summed E-state index contributed by atoms with van der Waals surface area (Å²) in [5.41, 5.74) is 3.00. The summed E-state index contributed by atoms with van der Waals surface area (Å²) in [5.74, 6) is 0.270. The Morgan fingerprint density at radius 3 is 0.887 bits per heavy atom. The van der Waals surface area contributed by atoms with Crippen LogP contribution in [0.2, 0.25) is 161 Å². The standard InChI is InChI=1S/2C14H23NOSi.C14H26Si2.C12H22Si2.C10H13NO.C5H11NO.C5H14Si.C4H9NO.C4H8O2.C4H12OSi.C3H5F3.3C3H8.CH3F/c1-6-10-17(4,5)14-9-7-8-13(11-14)15(3)12(2)16;1-5-11-17(3,4)12-15(13(2)16)14-9-7-6-8-10-14;1-7-12-16(5,6)14-10-8-13(9-11-14)15(2,3)4;1-13(2,3)11-7-9-12(10-8-11)14(4,5)6;1-3-11(9(2)12)10-7-5-4-6-8-10;1-4-6(3)5(2)7;1-5-6(2,3)4;1-3-5-4(2)6;1-3-6-4(2)5;1-4-6(2,3)5;1-2-3(4,5)6;3*1-3-2;1-2/h7-9,11H,6,10H2,1-5H3;6-10H,5,11-12H2,1-4H3;8-11H,7,12H2,1-6H3;7-10H,1-6H3;4-8H,3H2,1-2H3;4H2,1-3H3;5H2,1-4H3;3H2,1-2H3,(H,5,6);3H2,1-2H3;5H,4H2,1-3H3;2H2,1H3;3*3H2,1-2H3;1H3. The molecule has 722 valence electrons. The highest BCUT2D eigenvalue weighted by Crippen LogP contribution is 2.22. The maximum atomic E-state index is 11.8. The maximum Gasteiger partial charge on any atom is 0.388 e. The summed E-state index contributed by atoms with van der Waals surface area (Å²) in [6.45, 7) is 91.6. The minimum Gasteiger partial charge on any atom is -0.466 e. The van der Waals surface area contributed by atoms with E-state index in [1.54, 1.807) is 77.1 Å². The maximum absolute atomic E-state index is 11.8. The second-order valence-corrected chi connectivity index (χ2v) is 77.7. The first-order chi connectivity index (χ1) is 56.7. The number of carbonyl (C=O) groups excluding carboxylic acids is 6. The van der Waals surface area contributed by atoms with Crippen molar-refractivity contribution in [2.24, 2.45) is 0 Å². The Labute approximate surface area is 770 Å². The van der Waals surface area contributed by atoms with Crippen molar-refractivity contribution < 1.29 is 55.9 Å². The molecule has 0 saturated carbocycles. The number of esters is 1. The van der Waals surface area contributed by atoms with Gasteiger partial charge in [0.05, 0.1) is 62.2 Å². The summed E-state index contributed by atoms with van der Waals surface area (Å²) in [4.78, 5) is 80.3. The molecule has 0 aliphatic carbocycles. The van der Waals surface area contributed by atoms with Crippen LogP contribution in [-0.4, -0.2) is 170 Å². The fourth-order valence-corrected chi connectivity index (χ4v) is 21.3. The van der Waals surface area contributed by atoms with Gasteiger partial charge in [0.1, 0.15) is 0 Å². The van der Waals surface area contributed by atoms with Gasteiger partial charge in [0.15, 0.2) is 8.32 Å². The average Bonchev–Trinajstić information content (AvgIpc) is 0.832. The number of nitrogens with zero attached hydrogens (tertiary/aromatic N) is 4. The molecule has 2 N–H and O–H groups in total. The van der Waals surface area contributed by atoms with Crippen molar-refractivity contribution in [3.8, 4) is 0 Å². The summed E-state index contributed by atoms with van der Waals surface area (Å²) in [6.07, 6.45) is 3.73. The predicted molar refractivity (Wildman–Crippen MR) is 570 cm³/mol. The Kier molecular flexibility index (Phi) is 86.5. The first-order valence-corrected chi connectivity index (χ1v) is 72.9. The lowest BCUT2D eigenvalue weighted by Gasteiger charge is -2.30. The number of benzene rings is 5. The number of hydrogen-bond acceptors (Lipinski definition) is 8. The molecule has 0 unspecified atom stereocenters. The number of hydrogen-bond donors (Lipinski definition) is 2. The topological polar surface area (TPSA) is 157 Å². The number of halogens is 4. The van der Waals surface area contributed by atoms with Gasteiger partial charge in [-0.15, -0.1) is 0 Å². The molecule has 0 bridgehead atoms. The van der Waals surface area contributed by atoms with Crippen molar-refractivity contribution in [3.05, 3.63) is 133 Å². The Hall–Kier alpha value is -5.66. The normalized spacial score (nSPS) is 10.6. The second kappa shape index (κ2) is 77.3. The van der Waals surface area contributed by atoms with Crippen LogP contribution in [0.3, 0.4) is 0 Å². The van der Waals surface area contributed by atoms with Crippen LogP contribution in [0.5, 0.6) is 0 Å². The molecule has 5 amide bonds. The van der Waals surface area contributed by atoms with Crippen molar-refractivity contribution in [3.63, 3.8) is 0 Å². The minimum atomic E-state index is -3.96. The van der Waals surface area contributed by atoms with Crippen LogP contribution in [0.15, 0.2) is 133 Å². The molecule has 0 aliphatic rings. The van der Waals surface area contributed by atoms with Crippen molar-refractivity contribution in [1.29, 1.82) is 0 Å². The zero-order valence-corrected chi connectivity index (χ0v) is 96.3. The Bertz CT molecular complexity index is 3310. The predicted octanol–water partition coefficient (Wildman–Crippen LogP) is 26.6. The van der Waals surface area contributed by atoms with E-state index in [-0.39, 0.29) is 35.5 Å². The van der Waals surface area contributed by atoms with E-state index >= 15 is 0 Å². The summed E-state index contributed by atoms with van der Waals surface area (Å²) < 4.78 is 46.3. The van der Waals surface area contributed by atoms with Gasteiger partial charge in [-0.1, -0.05) is 387 Å². The summed E-state index contributed by atoms with van der Waals surface area (Å²) in [7, 11) is -5.25. The van der Waals surface area contributed by atoms with E-state index < -0.39 is 77.4 Å². The van der Waals surface area contributed by atoms with Crippen molar-refractivity contribution >= 4 is 143 Å². The number of rotatable bonds is 22. The first-order valence-electron chi connectivity index (χ1n) is 45.7. The molecule has 0 radical (unpaired) electrons. The van der Waals surface area contributed by atoms with Crippen molar-refractivity contribution in [2.75, 3.05) is 68.4 Å². The molecule has 124 heavy (non-hydrogen) atoms. The molecule has 5 aromatic rings. The number of carbonyl (C=O) groups is 6. The van der Waals surface area contributed by atoms with Crippen LogP contribution in [0.4, 0.5) is 34.6 Å². The Morgan fingerprint density at radius 2 is 0.694 bits per heavy atom. The molecule has 0 heterocycles. The number of alkyl halides is 4. The monoisotopic (exact) mass is 1880 g/mol. The molecular weight excluding hydrogens is 1690 g/mol. The molecular formula is C99H193F4N5O8Si8. The van der Waals surface area contributed by atoms with E-state index in [1.165, 1.54) is 81.7 Å². The number of amides is 5. The third kappa shape index (κ3) is 85.8. The van der Waals surface area contributed by atoms with Gasteiger partial charge in [0, 0.05) is 113 Å². The van der Waals surface area contributed by atoms with Gasteiger partial charge in [-0.05, 0) is 83.2 Å². The van der Waals surface area contributed by atoms with Gasteiger partial charge in [-0.2, -0.15) is 13.2 Å². The molecule has 0 aromatic heterocycles. The summed E-state index contributed by atoms with van der Waals surface area (Å²) in [6, 6.07) is 53.4. The number of para-hydroxylation sites is 2. The average molecular weight is 1880 g/mol. The van der Waals surface area contributed by atoms with E-state index in [2.05, 4.69) is 264 Å². The highest BCUT2D eigenvalue weighted by Gasteiger charge is 2.28. The lowest BCUT2D eigenvalue weighted by molar-refractivity contribution is -0.140. The summed E-state index contributed by atoms with van der Waals surface area (Å²) in [5, 5.41) is 10.3. The first kappa shape index (κ1) is 139. The number of ether oxygens (including phenoxy) is 1. The zero-order chi connectivity index (χ0) is 99.9. The molecule has 0 fully saturated rings. The lowest BCUT2D eigenvalue weighted by atomic mass is 10.3. The molecule has 0 spiro atoms. The second-order valence-electron chi connectivity index (χ2n) is 37.5.